The van der Waals surface area contributed by atoms with E-state index < -0.39 is 0 Å². The lowest BCUT2D eigenvalue weighted by Gasteiger charge is -2.08. The molecule has 0 aliphatic heterocycles. The molecule has 1 rings (SSSR count). The van der Waals surface area contributed by atoms with Gasteiger partial charge in [-0.25, -0.2) is 0 Å². The quantitative estimate of drug-likeness (QED) is 0.748. The van der Waals surface area contributed by atoms with Gasteiger partial charge in [0, 0.05) is 29.0 Å². The van der Waals surface area contributed by atoms with Crippen LogP contribution in [0.5, 0.6) is 0 Å². The van der Waals surface area contributed by atoms with Crippen molar-refractivity contribution in [2.75, 3.05) is 12.4 Å². The van der Waals surface area contributed by atoms with Crippen molar-refractivity contribution in [3.8, 4) is 0 Å². The highest BCUT2D eigenvalue weighted by molar-refractivity contribution is 9.10. The van der Waals surface area contributed by atoms with Crippen LogP contribution >= 0.6 is 15.9 Å². The summed E-state index contributed by atoms with van der Waals surface area (Å²) in [5, 5.41) is 10.3. The molecule has 2 nitrogen and oxygen atoms in total. The van der Waals surface area contributed by atoms with Crippen LogP contribution < -0.4 is 5.32 Å². The third-order valence-corrected chi connectivity index (χ3v) is 2.19. The zero-order valence-electron chi connectivity index (χ0n) is 7.11. The first-order valence-corrected chi connectivity index (χ1v) is 4.46. The Kier molecular flexibility index (Phi) is 2.87. The minimum Gasteiger partial charge on any atom is -0.387 e. The topological polar surface area (TPSA) is 35.9 Å². The van der Waals surface area contributed by atoms with E-state index in [4.69, 9.17) is 5.41 Å². The Morgan fingerprint density at radius 2 is 2.17 bits per heavy atom. The van der Waals surface area contributed by atoms with Gasteiger partial charge in [-0.3, -0.25) is 0 Å². The second-order valence-electron chi connectivity index (χ2n) is 2.58. The second kappa shape index (κ2) is 3.72. The van der Waals surface area contributed by atoms with Gasteiger partial charge >= 0.3 is 0 Å². The van der Waals surface area contributed by atoms with Crippen LogP contribution in [0.3, 0.4) is 0 Å². The minimum atomic E-state index is 0.907. The van der Waals surface area contributed by atoms with Crippen molar-refractivity contribution in [1.82, 2.24) is 0 Å². The fourth-order valence-electron chi connectivity index (χ4n) is 1.22. The highest BCUT2D eigenvalue weighted by Gasteiger charge is 2.02. The predicted octanol–water partition coefficient (Wildman–Crippen LogP) is 2.80. The average molecular weight is 227 g/mol. The number of aryl methyl sites for hydroxylation is 1. The summed E-state index contributed by atoms with van der Waals surface area (Å²) in [5.74, 6) is 0. The molecule has 64 valence electrons. The fraction of sp³-hybridized carbons (Fsp3) is 0.222. The number of hydrogen-bond donors (Lipinski definition) is 2. The Morgan fingerprint density at radius 3 is 2.67 bits per heavy atom. The number of nitrogens with one attached hydrogen (secondary N) is 2. The summed E-state index contributed by atoms with van der Waals surface area (Å²) in [6.07, 6.45) is 1.35. The van der Waals surface area contributed by atoms with E-state index in [0.717, 1.165) is 21.3 Å². The molecule has 0 atom stereocenters. The van der Waals surface area contributed by atoms with Crippen molar-refractivity contribution in [2.45, 2.75) is 6.92 Å². The molecule has 0 amide bonds. The summed E-state index contributed by atoms with van der Waals surface area (Å²) < 4.78 is 1.01. The van der Waals surface area contributed by atoms with E-state index in [1.54, 1.807) is 0 Å². The Morgan fingerprint density at radius 1 is 1.50 bits per heavy atom. The number of anilines is 1. The maximum atomic E-state index is 7.20. The lowest BCUT2D eigenvalue weighted by atomic mass is 10.1. The number of hydrogen-bond acceptors (Lipinski definition) is 2. The van der Waals surface area contributed by atoms with Crippen molar-refractivity contribution in [3.05, 3.63) is 27.7 Å². The van der Waals surface area contributed by atoms with Gasteiger partial charge in [-0.1, -0.05) is 15.9 Å². The van der Waals surface area contributed by atoms with Gasteiger partial charge in [-0.05, 0) is 24.6 Å². The van der Waals surface area contributed by atoms with Crippen LogP contribution in [0.2, 0.25) is 0 Å². The van der Waals surface area contributed by atoms with Gasteiger partial charge in [0.1, 0.15) is 0 Å². The first-order valence-electron chi connectivity index (χ1n) is 3.67. The molecule has 2 N–H and O–H groups in total. The van der Waals surface area contributed by atoms with Crippen molar-refractivity contribution < 1.29 is 0 Å². The summed E-state index contributed by atoms with van der Waals surface area (Å²) in [6, 6.07) is 3.95. The molecule has 0 heterocycles. The SMILES string of the molecule is CNc1c(C)cc(Br)cc1C=N. The van der Waals surface area contributed by atoms with Crippen molar-refractivity contribution in [2.24, 2.45) is 0 Å². The molecule has 3 heteroatoms. The van der Waals surface area contributed by atoms with E-state index in [-0.39, 0.29) is 0 Å². The number of rotatable bonds is 2. The number of benzene rings is 1. The lowest BCUT2D eigenvalue weighted by Crippen LogP contribution is -1.97. The summed E-state index contributed by atoms with van der Waals surface area (Å²) in [6.45, 7) is 2.02. The van der Waals surface area contributed by atoms with E-state index >= 15 is 0 Å². The van der Waals surface area contributed by atoms with E-state index in [9.17, 15) is 0 Å². The largest absolute Gasteiger partial charge is 0.387 e. The molecule has 0 saturated heterocycles. The van der Waals surface area contributed by atoms with E-state index in [2.05, 4.69) is 21.2 Å². The molecule has 0 aliphatic rings. The maximum Gasteiger partial charge on any atom is 0.0457 e. The van der Waals surface area contributed by atoms with Crippen LogP contribution in [-0.2, 0) is 0 Å². The zero-order valence-corrected chi connectivity index (χ0v) is 8.70. The Balaban J connectivity index is 3.33. The molecule has 0 aliphatic carbocycles. The summed E-state index contributed by atoms with van der Waals surface area (Å²) in [5.41, 5.74) is 3.07. The third kappa shape index (κ3) is 1.67. The normalized spacial score (nSPS) is 9.58. The van der Waals surface area contributed by atoms with Gasteiger partial charge in [0.2, 0.25) is 0 Å². The first-order chi connectivity index (χ1) is 5.69. The Hall–Kier alpha value is -0.830. The summed E-state index contributed by atoms with van der Waals surface area (Å²) >= 11 is 3.39. The monoisotopic (exact) mass is 226 g/mol. The summed E-state index contributed by atoms with van der Waals surface area (Å²) in [4.78, 5) is 0. The van der Waals surface area contributed by atoms with Gasteiger partial charge < -0.3 is 10.7 Å². The molecule has 0 unspecified atom stereocenters. The van der Waals surface area contributed by atoms with Crippen LogP contribution in [0.4, 0.5) is 5.69 Å². The highest BCUT2D eigenvalue weighted by atomic mass is 79.9. The molecular formula is C9H11BrN2. The number of halogens is 1. The van der Waals surface area contributed by atoms with E-state index in [1.807, 2.05) is 26.1 Å². The molecule has 12 heavy (non-hydrogen) atoms. The molecule has 0 bridgehead atoms. The lowest BCUT2D eigenvalue weighted by molar-refractivity contribution is 1.38. The van der Waals surface area contributed by atoms with Crippen molar-refractivity contribution >= 4 is 27.8 Å². The fourth-order valence-corrected chi connectivity index (χ4v) is 1.81. The van der Waals surface area contributed by atoms with E-state index in [1.165, 1.54) is 6.21 Å². The molecule has 1 aromatic rings. The molecule has 1 aromatic carbocycles. The van der Waals surface area contributed by atoms with Crippen LogP contribution in [0.1, 0.15) is 11.1 Å². The third-order valence-electron chi connectivity index (χ3n) is 1.74. The van der Waals surface area contributed by atoms with Gasteiger partial charge in [-0.2, -0.15) is 0 Å². The van der Waals surface area contributed by atoms with Crippen LogP contribution in [0.15, 0.2) is 16.6 Å². The van der Waals surface area contributed by atoms with Gasteiger partial charge in [0.05, 0.1) is 0 Å². The van der Waals surface area contributed by atoms with Crippen LogP contribution in [0.25, 0.3) is 0 Å². The first kappa shape index (κ1) is 9.26. The summed E-state index contributed by atoms with van der Waals surface area (Å²) in [7, 11) is 1.86. The minimum absolute atomic E-state index is 0.907. The smallest absolute Gasteiger partial charge is 0.0457 e. The molecule has 0 aromatic heterocycles. The zero-order chi connectivity index (χ0) is 9.14. The molecular weight excluding hydrogens is 216 g/mol. The molecule has 0 radical (unpaired) electrons. The second-order valence-corrected chi connectivity index (χ2v) is 3.50. The molecule has 0 spiro atoms. The standard InChI is InChI=1S/C9H11BrN2/c1-6-3-8(10)4-7(5-11)9(6)12-2/h3-5,11-12H,1-2H3. The molecule has 0 fully saturated rings. The van der Waals surface area contributed by atoms with Crippen LogP contribution in [0, 0.1) is 12.3 Å². The van der Waals surface area contributed by atoms with Gasteiger partial charge in [-0.15, -0.1) is 0 Å². The van der Waals surface area contributed by atoms with Gasteiger partial charge in [0.15, 0.2) is 0 Å². The Bertz CT molecular complexity index is 308. The Labute approximate surface area is 80.6 Å². The highest BCUT2D eigenvalue weighted by Crippen LogP contribution is 2.23. The van der Waals surface area contributed by atoms with Crippen molar-refractivity contribution in [1.29, 1.82) is 5.41 Å². The van der Waals surface area contributed by atoms with E-state index in [0.29, 0.717) is 0 Å². The van der Waals surface area contributed by atoms with Crippen LogP contribution in [-0.4, -0.2) is 13.3 Å². The van der Waals surface area contributed by atoms with Gasteiger partial charge in [0.25, 0.3) is 0 Å². The molecule has 0 saturated carbocycles. The maximum absolute atomic E-state index is 7.20. The van der Waals surface area contributed by atoms with Crippen molar-refractivity contribution in [3.63, 3.8) is 0 Å². The predicted molar refractivity (Wildman–Crippen MR) is 56.3 cm³/mol. The average Bonchev–Trinajstić information content (AvgIpc) is 2.03.